The van der Waals surface area contributed by atoms with Crippen molar-refractivity contribution in [3.63, 3.8) is 0 Å². The van der Waals surface area contributed by atoms with Gasteiger partial charge in [-0.2, -0.15) is 0 Å². The van der Waals surface area contributed by atoms with E-state index in [9.17, 15) is 8.78 Å². The summed E-state index contributed by atoms with van der Waals surface area (Å²) in [6, 6.07) is 7.04. The highest BCUT2D eigenvalue weighted by molar-refractivity contribution is 5.89. The summed E-state index contributed by atoms with van der Waals surface area (Å²) in [6.07, 6.45) is 1.87. The molecule has 2 N–H and O–H groups in total. The van der Waals surface area contributed by atoms with Crippen molar-refractivity contribution in [2.24, 2.45) is 5.92 Å². The van der Waals surface area contributed by atoms with Crippen LogP contribution in [0.2, 0.25) is 0 Å². The van der Waals surface area contributed by atoms with E-state index in [1.165, 1.54) is 0 Å². The molecule has 4 nitrogen and oxygen atoms in total. The van der Waals surface area contributed by atoms with Crippen molar-refractivity contribution in [2.45, 2.75) is 18.9 Å². The van der Waals surface area contributed by atoms with Crippen LogP contribution >= 0.6 is 0 Å². The third-order valence-corrected chi connectivity index (χ3v) is 3.54. The Labute approximate surface area is 120 Å². The first kappa shape index (κ1) is 13.9. The quantitative estimate of drug-likeness (QED) is 0.850. The lowest BCUT2D eigenvalue weighted by molar-refractivity contribution is 0.141. The molecule has 0 unspecified atom stereocenters. The fourth-order valence-electron chi connectivity index (χ4n) is 2.49. The van der Waals surface area contributed by atoms with Gasteiger partial charge in [0.15, 0.2) is 5.82 Å². The van der Waals surface area contributed by atoms with Gasteiger partial charge in [0.25, 0.3) is 6.43 Å². The number of anilines is 1. The molecule has 1 aromatic carbocycles. The van der Waals surface area contributed by atoms with Crippen molar-refractivity contribution in [1.29, 1.82) is 0 Å². The highest BCUT2D eigenvalue weighted by Crippen LogP contribution is 2.27. The average molecular weight is 291 g/mol. The zero-order chi connectivity index (χ0) is 14.8. The number of hydrogen-bond donors (Lipinski definition) is 2. The predicted octanol–water partition coefficient (Wildman–Crippen LogP) is 2.92. The maximum absolute atomic E-state index is 12.9. The van der Waals surface area contributed by atoms with Crippen LogP contribution < -0.4 is 5.32 Å². The Kier molecular flexibility index (Phi) is 3.79. The second kappa shape index (κ2) is 5.73. The highest BCUT2D eigenvalue weighted by atomic mass is 19.3. The number of fused-ring (bicyclic) bond motifs is 1. The topological polar surface area (TPSA) is 58.0 Å². The third-order valence-electron chi connectivity index (χ3n) is 3.54. The second-order valence-corrected chi connectivity index (χ2v) is 5.06. The van der Waals surface area contributed by atoms with Crippen LogP contribution in [0.5, 0.6) is 0 Å². The van der Waals surface area contributed by atoms with Crippen LogP contribution in [0.4, 0.5) is 14.6 Å². The molecule has 0 saturated heterocycles. The number of halogens is 2. The molecule has 1 aliphatic carbocycles. The van der Waals surface area contributed by atoms with Crippen molar-refractivity contribution in [2.75, 3.05) is 11.9 Å². The van der Waals surface area contributed by atoms with Gasteiger partial charge in [0, 0.05) is 24.0 Å². The Bertz CT molecular complexity index is 675. The lowest BCUT2D eigenvalue weighted by Crippen LogP contribution is -2.18. The number of hydrogen-bond acceptors (Lipinski definition) is 4. The van der Waals surface area contributed by atoms with Crippen LogP contribution in [-0.4, -0.2) is 27.7 Å². The molecule has 0 fully saturated rings. The van der Waals surface area contributed by atoms with E-state index in [0.717, 1.165) is 6.42 Å². The molecule has 0 radical (unpaired) electrons. The summed E-state index contributed by atoms with van der Waals surface area (Å²) in [5.74, 6) is 0.0335. The molecule has 1 heterocycles. The summed E-state index contributed by atoms with van der Waals surface area (Å²) < 4.78 is 25.8. The van der Waals surface area contributed by atoms with E-state index in [1.54, 1.807) is 18.2 Å². The van der Waals surface area contributed by atoms with Gasteiger partial charge < -0.3 is 10.4 Å². The predicted molar refractivity (Wildman–Crippen MR) is 76.2 cm³/mol. The fourth-order valence-corrected chi connectivity index (χ4v) is 2.49. The number of aromatic nitrogens is 2. The van der Waals surface area contributed by atoms with Gasteiger partial charge in [-0.3, -0.25) is 0 Å². The molecule has 2 aromatic rings. The Morgan fingerprint density at radius 2 is 2.05 bits per heavy atom. The number of alkyl halides is 2. The molecular weight excluding hydrogens is 276 g/mol. The van der Waals surface area contributed by atoms with Gasteiger partial charge in [0.2, 0.25) is 0 Å². The minimum absolute atomic E-state index is 0.0222. The first-order chi connectivity index (χ1) is 10.2. The SMILES string of the molecule is OC[C@H]1C=C[C@@H](Nc2nc(C(F)F)nc3ccccc23)C1. The molecular formula is C15H15F2N3O. The molecule has 1 aliphatic rings. The number of nitrogens with zero attached hydrogens (tertiary/aromatic N) is 2. The maximum Gasteiger partial charge on any atom is 0.297 e. The first-order valence-electron chi connectivity index (χ1n) is 6.78. The van der Waals surface area contributed by atoms with Gasteiger partial charge >= 0.3 is 0 Å². The van der Waals surface area contributed by atoms with Crippen LogP contribution in [0.15, 0.2) is 36.4 Å². The molecule has 0 bridgehead atoms. The molecule has 6 heteroatoms. The van der Waals surface area contributed by atoms with Crippen LogP contribution in [0, 0.1) is 5.92 Å². The first-order valence-corrected chi connectivity index (χ1v) is 6.78. The van der Waals surface area contributed by atoms with Crippen LogP contribution in [0.3, 0.4) is 0 Å². The van der Waals surface area contributed by atoms with Crippen LogP contribution in [-0.2, 0) is 0 Å². The molecule has 0 spiro atoms. The molecule has 0 amide bonds. The largest absolute Gasteiger partial charge is 0.396 e. The Balaban J connectivity index is 1.95. The minimum Gasteiger partial charge on any atom is -0.396 e. The molecule has 0 aliphatic heterocycles. The van der Waals surface area contributed by atoms with E-state index in [0.29, 0.717) is 16.7 Å². The number of aliphatic hydroxyl groups is 1. The van der Waals surface area contributed by atoms with Crippen molar-refractivity contribution in [1.82, 2.24) is 9.97 Å². The van der Waals surface area contributed by atoms with E-state index in [2.05, 4.69) is 15.3 Å². The summed E-state index contributed by atoms with van der Waals surface area (Å²) in [7, 11) is 0. The van der Waals surface area contributed by atoms with Gasteiger partial charge in [-0.15, -0.1) is 0 Å². The number of aliphatic hydroxyl groups excluding tert-OH is 1. The van der Waals surface area contributed by atoms with Crippen molar-refractivity contribution in [3.05, 3.63) is 42.2 Å². The summed E-state index contributed by atoms with van der Waals surface area (Å²) >= 11 is 0. The van der Waals surface area contributed by atoms with Gasteiger partial charge in [0.1, 0.15) is 5.82 Å². The third kappa shape index (κ3) is 2.85. The minimum atomic E-state index is -2.71. The lowest BCUT2D eigenvalue weighted by Gasteiger charge is -2.15. The van der Waals surface area contributed by atoms with Crippen molar-refractivity contribution < 1.29 is 13.9 Å². The van der Waals surface area contributed by atoms with Gasteiger partial charge in [-0.25, -0.2) is 18.7 Å². The number of rotatable bonds is 4. The Morgan fingerprint density at radius 1 is 1.24 bits per heavy atom. The number of para-hydroxylation sites is 1. The maximum atomic E-state index is 12.9. The van der Waals surface area contributed by atoms with Crippen molar-refractivity contribution in [3.8, 4) is 0 Å². The van der Waals surface area contributed by atoms with Crippen LogP contribution in [0.1, 0.15) is 18.7 Å². The number of nitrogens with one attached hydrogen (secondary N) is 1. The highest BCUT2D eigenvalue weighted by Gasteiger charge is 2.21. The van der Waals surface area contributed by atoms with E-state index >= 15 is 0 Å². The van der Waals surface area contributed by atoms with Crippen LogP contribution in [0.25, 0.3) is 10.9 Å². The smallest absolute Gasteiger partial charge is 0.297 e. The monoisotopic (exact) mass is 291 g/mol. The lowest BCUT2D eigenvalue weighted by atomic mass is 10.1. The molecule has 110 valence electrons. The fraction of sp³-hybridized carbons (Fsp3) is 0.333. The Hall–Kier alpha value is -2.08. The van der Waals surface area contributed by atoms with E-state index in [-0.39, 0.29) is 18.6 Å². The normalized spacial score (nSPS) is 21.3. The van der Waals surface area contributed by atoms with Crippen molar-refractivity contribution >= 4 is 16.7 Å². The molecule has 2 atom stereocenters. The summed E-state index contributed by atoms with van der Waals surface area (Å²) in [5, 5.41) is 13.0. The Morgan fingerprint density at radius 3 is 2.76 bits per heavy atom. The average Bonchev–Trinajstić information content (AvgIpc) is 2.94. The van der Waals surface area contributed by atoms with E-state index < -0.39 is 12.2 Å². The summed E-state index contributed by atoms with van der Waals surface area (Å²) in [5.41, 5.74) is 0.492. The van der Waals surface area contributed by atoms with E-state index in [4.69, 9.17) is 5.11 Å². The standard InChI is InChI=1S/C15H15F2N3O/c16-13(17)15-19-12-4-2-1-3-11(12)14(20-15)18-10-6-5-9(7-10)8-21/h1-6,9-10,13,21H,7-8H2,(H,18,19,20)/t9-,10+/m0/s1. The summed E-state index contributed by atoms with van der Waals surface area (Å²) in [4.78, 5) is 7.83. The molecule has 0 saturated carbocycles. The second-order valence-electron chi connectivity index (χ2n) is 5.06. The van der Waals surface area contributed by atoms with Gasteiger partial charge in [0.05, 0.1) is 5.52 Å². The van der Waals surface area contributed by atoms with E-state index in [1.807, 2.05) is 18.2 Å². The zero-order valence-electron chi connectivity index (χ0n) is 11.2. The number of benzene rings is 1. The van der Waals surface area contributed by atoms with Gasteiger partial charge in [-0.1, -0.05) is 24.3 Å². The molecule has 3 rings (SSSR count). The zero-order valence-corrected chi connectivity index (χ0v) is 11.2. The molecule has 1 aromatic heterocycles. The van der Waals surface area contributed by atoms with Gasteiger partial charge in [-0.05, 0) is 18.6 Å². The molecule has 21 heavy (non-hydrogen) atoms. The summed E-state index contributed by atoms with van der Waals surface area (Å²) in [6.45, 7) is 0.0848.